The van der Waals surface area contributed by atoms with E-state index in [9.17, 15) is 15.3 Å². The molecule has 0 saturated carbocycles. The molecule has 0 radical (unpaired) electrons. The molecule has 2 aromatic rings. The molecule has 1 aromatic carbocycles. The predicted molar refractivity (Wildman–Crippen MR) is 81.9 cm³/mol. The first-order valence-electron chi connectivity index (χ1n) is 7.13. The van der Waals surface area contributed by atoms with Crippen molar-refractivity contribution >= 4 is 21.6 Å². The lowest BCUT2D eigenvalue weighted by Gasteiger charge is -2.40. The van der Waals surface area contributed by atoms with Crippen molar-refractivity contribution in [2.75, 3.05) is 6.61 Å². The average molecular weight is 336 g/mol. The predicted octanol–water partition coefficient (Wildman–Crippen LogP) is 0.622. The number of ether oxygens (including phenoxy) is 2. The van der Waals surface area contributed by atoms with Crippen LogP contribution in [-0.2, 0) is 4.74 Å². The summed E-state index contributed by atoms with van der Waals surface area (Å²) in [5, 5.41) is 38.4. The van der Waals surface area contributed by atoms with Crippen molar-refractivity contribution in [2.45, 2.75) is 31.5 Å². The maximum absolute atomic E-state index is 10.0. The fourth-order valence-corrected chi connectivity index (χ4v) is 3.31. The highest BCUT2D eigenvalue weighted by atomic mass is 32.1. The second-order valence-corrected chi connectivity index (χ2v) is 6.47. The van der Waals surface area contributed by atoms with Crippen LogP contribution in [0.25, 0.3) is 10.2 Å². The third-order valence-corrected chi connectivity index (χ3v) is 4.82. The molecule has 2 heterocycles. The van der Waals surface area contributed by atoms with E-state index in [4.69, 9.17) is 14.7 Å². The summed E-state index contributed by atoms with van der Waals surface area (Å²) in [6.45, 7) is 1.29. The van der Waals surface area contributed by atoms with E-state index in [-0.39, 0.29) is 0 Å². The Bertz CT molecular complexity index is 741. The first-order valence-corrected chi connectivity index (χ1v) is 7.95. The van der Waals surface area contributed by atoms with Gasteiger partial charge in [-0.1, -0.05) is 6.92 Å². The molecule has 3 N–H and O–H groups in total. The van der Waals surface area contributed by atoms with Gasteiger partial charge in [-0.3, -0.25) is 0 Å². The summed E-state index contributed by atoms with van der Waals surface area (Å²) in [5.41, 5.74) is 0.709. The molecular weight excluding hydrogens is 320 g/mol. The van der Waals surface area contributed by atoms with E-state index in [1.165, 1.54) is 11.3 Å². The van der Waals surface area contributed by atoms with E-state index in [0.29, 0.717) is 16.3 Å². The van der Waals surface area contributed by atoms with E-state index in [0.717, 1.165) is 4.70 Å². The molecular formula is C15H16N2O5S. The number of fused-ring (bicyclic) bond motifs is 1. The Labute approximate surface area is 136 Å². The molecule has 0 bridgehead atoms. The van der Waals surface area contributed by atoms with Crippen molar-refractivity contribution < 1.29 is 24.8 Å². The Balaban J connectivity index is 1.81. The number of aliphatic hydroxyl groups excluding tert-OH is 3. The Morgan fingerprint density at radius 3 is 2.87 bits per heavy atom. The van der Waals surface area contributed by atoms with E-state index in [1.54, 1.807) is 25.1 Å². The highest BCUT2D eigenvalue weighted by molar-refractivity contribution is 7.19. The third kappa shape index (κ3) is 3.02. The molecule has 0 amide bonds. The van der Waals surface area contributed by atoms with Crippen molar-refractivity contribution in [3.8, 4) is 11.8 Å². The van der Waals surface area contributed by atoms with Crippen molar-refractivity contribution in [1.82, 2.24) is 4.98 Å². The average Bonchev–Trinajstić information content (AvgIpc) is 2.97. The molecule has 1 unspecified atom stereocenters. The van der Waals surface area contributed by atoms with Crippen LogP contribution in [0.15, 0.2) is 18.2 Å². The normalized spacial score (nSPS) is 31.0. The molecule has 122 valence electrons. The van der Waals surface area contributed by atoms with Crippen LogP contribution in [0.3, 0.4) is 0 Å². The molecule has 7 nitrogen and oxygen atoms in total. The number of nitrogens with zero attached hydrogens (tertiary/aromatic N) is 2. The number of rotatable bonds is 3. The molecule has 1 aliphatic rings. The van der Waals surface area contributed by atoms with Crippen LogP contribution in [-0.4, -0.2) is 51.5 Å². The molecule has 5 atom stereocenters. The maximum atomic E-state index is 10.0. The third-order valence-electron chi connectivity index (χ3n) is 3.90. The number of aromatic nitrogens is 1. The minimum Gasteiger partial charge on any atom is -0.464 e. The summed E-state index contributed by atoms with van der Waals surface area (Å²) in [6.07, 6.45) is -3.91. The molecule has 8 heteroatoms. The van der Waals surface area contributed by atoms with Crippen LogP contribution in [0.4, 0.5) is 0 Å². The minimum atomic E-state index is -1.16. The van der Waals surface area contributed by atoms with Gasteiger partial charge in [-0.05, 0) is 18.2 Å². The zero-order valence-electron chi connectivity index (χ0n) is 12.3. The van der Waals surface area contributed by atoms with Crippen LogP contribution < -0.4 is 4.74 Å². The van der Waals surface area contributed by atoms with Crippen molar-refractivity contribution in [2.24, 2.45) is 5.92 Å². The summed E-state index contributed by atoms with van der Waals surface area (Å²) in [5.74, 6) is 0.0300. The van der Waals surface area contributed by atoms with Crippen molar-refractivity contribution in [3.05, 3.63) is 23.2 Å². The summed E-state index contributed by atoms with van der Waals surface area (Å²) in [7, 11) is 0. The van der Waals surface area contributed by atoms with Crippen molar-refractivity contribution in [1.29, 1.82) is 5.26 Å². The van der Waals surface area contributed by atoms with E-state index >= 15 is 0 Å². The maximum Gasteiger partial charge on any atom is 0.205 e. The van der Waals surface area contributed by atoms with Crippen LogP contribution in [0.2, 0.25) is 0 Å². The lowest BCUT2D eigenvalue weighted by Crippen LogP contribution is -2.56. The smallest absolute Gasteiger partial charge is 0.205 e. The quantitative estimate of drug-likeness (QED) is 0.752. The number of benzene rings is 1. The number of aliphatic hydroxyl groups is 3. The highest BCUT2D eigenvalue weighted by Gasteiger charge is 2.43. The Morgan fingerprint density at radius 1 is 1.39 bits per heavy atom. The largest absolute Gasteiger partial charge is 0.464 e. The monoisotopic (exact) mass is 336 g/mol. The second kappa shape index (κ2) is 6.39. The van der Waals surface area contributed by atoms with Crippen LogP contribution in [0, 0.1) is 17.2 Å². The van der Waals surface area contributed by atoms with Gasteiger partial charge in [-0.2, -0.15) is 5.26 Å². The lowest BCUT2D eigenvalue weighted by atomic mass is 9.92. The first kappa shape index (κ1) is 16.1. The Hall–Kier alpha value is -1.76. The molecule has 0 spiro atoms. The van der Waals surface area contributed by atoms with Crippen LogP contribution >= 0.6 is 11.3 Å². The van der Waals surface area contributed by atoms with Gasteiger partial charge in [-0.25, -0.2) is 4.98 Å². The lowest BCUT2D eigenvalue weighted by molar-refractivity contribution is -0.256. The fraction of sp³-hybridized carbons (Fsp3) is 0.467. The second-order valence-electron chi connectivity index (χ2n) is 5.44. The number of nitriles is 1. The molecule has 1 aliphatic heterocycles. The summed E-state index contributed by atoms with van der Waals surface area (Å²) >= 11 is 1.26. The summed E-state index contributed by atoms with van der Waals surface area (Å²) in [4.78, 5) is 4.15. The molecule has 23 heavy (non-hydrogen) atoms. The molecule has 1 aromatic heterocycles. The number of thiazole rings is 1. The zero-order valence-corrected chi connectivity index (χ0v) is 13.1. The van der Waals surface area contributed by atoms with E-state index < -0.39 is 37.1 Å². The molecule has 1 saturated heterocycles. The highest BCUT2D eigenvalue weighted by Crippen LogP contribution is 2.31. The van der Waals surface area contributed by atoms with Crippen LogP contribution in [0.5, 0.6) is 5.75 Å². The van der Waals surface area contributed by atoms with Gasteiger partial charge in [0.25, 0.3) is 0 Å². The van der Waals surface area contributed by atoms with Gasteiger partial charge in [0.05, 0.1) is 22.9 Å². The molecule has 0 aliphatic carbocycles. The van der Waals surface area contributed by atoms with Gasteiger partial charge in [0.15, 0.2) is 5.01 Å². The van der Waals surface area contributed by atoms with Crippen LogP contribution in [0.1, 0.15) is 11.9 Å². The Morgan fingerprint density at radius 2 is 2.17 bits per heavy atom. The zero-order chi connectivity index (χ0) is 16.6. The van der Waals surface area contributed by atoms with E-state index in [2.05, 4.69) is 4.98 Å². The number of hydrogen-bond acceptors (Lipinski definition) is 8. The molecule has 1 fully saturated rings. The first-order chi connectivity index (χ1) is 11.0. The minimum absolute atomic E-state index is 0.373. The standard InChI is InChI=1S/C15H16N2O5S/c1-7-13(19)14(20)10(6-18)22-15(7)21-8-2-3-9-11(4-8)23-12(5-16)17-9/h2-4,7,10,13-15,18-20H,6H2,1H3/t7-,10-,13-,14+,15?/m0/s1. The van der Waals surface area contributed by atoms with Gasteiger partial charge in [-0.15, -0.1) is 11.3 Å². The van der Waals surface area contributed by atoms with Gasteiger partial charge in [0.1, 0.15) is 24.0 Å². The summed E-state index contributed by atoms with van der Waals surface area (Å²) in [6, 6.07) is 7.19. The topological polar surface area (TPSA) is 116 Å². The van der Waals surface area contributed by atoms with Gasteiger partial charge >= 0.3 is 0 Å². The van der Waals surface area contributed by atoms with E-state index in [1.807, 2.05) is 6.07 Å². The SMILES string of the molecule is C[C@@H]1C(Oc2ccc3nc(C#N)sc3c2)O[C@@H](CO)[C@@H](O)[C@H]1O. The van der Waals surface area contributed by atoms with Crippen molar-refractivity contribution in [3.63, 3.8) is 0 Å². The van der Waals surface area contributed by atoms with Gasteiger partial charge < -0.3 is 24.8 Å². The summed E-state index contributed by atoms with van der Waals surface area (Å²) < 4.78 is 12.1. The fourth-order valence-electron chi connectivity index (χ4n) is 2.51. The Kier molecular flexibility index (Phi) is 4.48. The number of hydrogen-bond donors (Lipinski definition) is 3. The molecule has 3 rings (SSSR count). The van der Waals surface area contributed by atoms with Gasteiger partial charge in [0, 0.05) is 5.92 Å². The van der Waals surface area contributed by atoms with Gasteiger partial charge in [0.2, 0.25) is 6.29 Å².